The summed E-state index contributed by atoms with van der Waals surface area (Å²) in [6, 6.07) is 15.3. The summed E-state index contributed by atoms with van der Waals surface area (Å²) < 4.78 is 10.5. The highest BCUT2D eigenvalue weighted by molar-refractivity contribution is 6.04. The summed E-state index contributed by atoms with van der Waals surface area (Å²) in [5, 5.41) is 2.04. The van der Waals surface area contributed by atoms with E-state index in [1.807, 2.05) is 49.4 Å². The Morgan fingerprint density at radius 2 is 1.81 bits per heavy atom. The fourth-order valence-corrected chi connectivity index (χ4v) is 3.04. The van der Waals surface area contributed by atoms with Crippen LogP contribution in [0, 0.1) is 13.8 Å². The highest BCUT2D eigenvalue weighted by Crippen LogP contribution is 2.26. The van der Waals surface area contributed by atoms with E-state index in [9.17, 15) is 9.59 Å². The van der Waals surface area contributed by atoms with Crippen molar-refractivity contribution in [2.75, 3.05) is 18.1 Å². The first-order chi connectivity index (χ1) is 12.5. The summed E-state index contributed by atoms with van der Waals surface area (Å²) >= 11 is 0. The number of nitrogens with zero attached hydrogens (tertiary/aromatic N) is 1. The maximum atomic E-state index is 12.7. The Labute approximate surface area is 152 Å². The number of anilines is 1. The van der Waals surface area contributed by atoms with Crippen molar-refractivity contribution < 1.29 is 18.7 Å². The van der Waals surface area contributed by atoms with Crippen LogP contribution in [0.3, 0.4) is 0 Å². The molecular formula is C21H21NO4. The first kappa shape index (κ1) is 17.7. The Hall–Kier alpha value is -3.08. The van der Waals surface area contributed by atoms with E-state index in [0.29, 0.717) is 23.6 Å². The second-order valence-corrected chi connectivity index (χ2v) is 6.04. The molecule has 0 unspecified atom stereocenters. The van der Waals surface area contributed by atoms with Crippen molar-refractivity contribution in [1.29, 1.82) is 0 Å². The van der Waals surface area contributed by atoms with Crippen molar-refractivity contribution in [2.45, 2.75) is 20.8 Å². The number of fused-ring (bicyclic) bond motifs is 1. The second kappa shape index (κ2) is 7.44. The zero-order valence-electron chi connectivity index (χ0n) is 15.1. The molecule has 1 aromatic heterocycles. The van der Waals surface area contributed by atoms with Crippen LogP contribution >= 0.6 is 0 Å². The molecule has 2 aromatic carbocycles. The molecule has 1 amide bonds. The van der Waals surface area contributed by atoms with Crippen LogP contribution in [0.15, 0.2) is 52.9 Å². The molecule has 5 nitrogen and oxygen atoms in total. The first-order valence-corrected chi connectivity index (χ1v) is 8.53. The van der Waals surface area contributed by atoms with Crippen molar-refractivity contribution in [1.82, 2.24) is 0 Å². The highest BCUT2D eigenvalue weighted by Gasteiger charge is 2.20. The van der Waals surface area contributed by atoms with E-state index in [2.05, 4.69) is 0 Å². The zero-order valence-corrected chi connectivity index (χ0v) is 15.1. The van der Waals surface area contributed by atoms with Crippen molar-refractivity contribution in [3.63, 3.8) is 0 Å². The molecule has 0 atom stereocenters. The highest BCUT2D eigenvalue weighted by atomic mass is 16.5. The molecule has 0 aliphatic carbocycles. The third kappa shape index (κ3) is 3.47. The molecule has 0 N–H and O–H groups in total. The Balaban J connectivity index is 1.77. The van der Waals surface area contributed by atoms with Gasteiger partial charge in [0.15, 0.2) is 6.61 Å². The van der Waals surface area contributed by atoms with Gasteiger partial charge in [-0.15, -0.1) is 0 Å². The number of likely N-dealkylation sites (N-methyl/N-ethyl adjacent to an activating group) is 1. The monoisotopic (exact) mass is 351 g/mol. The predicted molar refractivity (Wildman–Crippen MR) is 100 cm³/mol. The lowest BCUT2D eigenvalue weighted by Gasteiger charge is -2.22. The van der Waals surface area contributed by atoms with E-state index in [-0.39, 0.29) is 12.5 Å². The summed E-state index contributed by atoms with van der Waals surface area (Å²) in [4.78, 5) is 26.5. The molecule has 0 aliphatic rings. The number of aryl methyl sites for hydroxylation is 2. The summed E-state index contributed by atoms with van der Waals surface area (Å²) in [6.07, 6.45) is 0. The molecule has 3 aromatic rings. The summed E-state index contributed by atoms with van der Waals surface area (Å²) in [5.74, 6) is 0.296. The predicted octanol–water partition coefficient (Wildman–Crippen LogP) is 4.26. The fraction of sp³-hybridized carbons (Fsp3) is 0.238. The van der Waals surface area contributed by atoms with Gasteiger partial charge in [-0.1, -0.05) is 36.4 Å². The van der Waals surface area contributed by atoms with E-state index in [1.165, 1.54) is 0 Å². The fourth-order valence-electron chi connectivity index (χ4n) is 3.04. The molecule has 3 rings (SSSR count). The molecule has 26 heavy (non-hydrogen) atoms. The number of benzene rings is 2. The Bertz CT molecular complexity index is 952. The van der Waals surface area contributed by atoms with Gasteiger partial charge in [-0.2, -0.15) is 0 Å². The van der Waals surface area contributed by atoms with Gasteiger partial charge in [0, 0.05) is 11.9 Å². The number of esters is 1. The molecule has 5 heteroatoms. The van der Waals surface area contributed by atoms with Crippen LogP contribution in [0.25, 0.3) is 10.8 Å². The van der Waals surface area contributed by atoms with Gasteiger partial charge in [0.2, 0.25) is 0 Å². The number of furan rings is 1. The quantitative estimate of drug-likeness (QED) is 0.645. The van der Waals surface area contributed by atoms with Crippen LogP contribution in [0.4, 0.5) is 5.69 Å². The van der Waals surface area contributed by atoms with Crippen LogP contribution in [-0.4, -0.2) is 25.0 Å². The van der Waals surface area contributed by atoms with Gasteiger partial charge >= 0.3 is 5.97 Å². The van der Waals surface area contributed by atoms with Crippen molar-refractivity contribution in [3.05, 3.63) is 65.6 Å². The summed E-state index contributed by atoms with van der Waals surface area (Å²) in [7, 11) is 0. The number of hydrogen-bond donors (Lipinski definition) is 0. The number of ether oxygens (including phenoxy) is 1. The molecular weight excluding hydrogens is 330 g/mol. The molecule has 0 aliphatic heterocycles. The minimum Gasteiger partial charge on any atom is -0.466 e. The SMILES string of the molecule is CCN(C(=O)COC(=O)c1cc(C)oc1C)c1cccc2ccccc12. The lowest BCUT2D eigenvalue weighted by molar-refractivity contribution is -0.121. The van der Waals surface area contributed by atoms with Gasteiger partial charge in [0.05, 0.1) is 5.69 Å². The van der Waals surface area contributed by atoms with Crippen LogP contribution in [0.1, 0.15) is 28.8 Å². The minimum absolute atomic E-state index is 0.268. The maximum Gasteiger partial charge on any atom is 0.342 e. The van der Waals surface area contributed by atoms with Crippen LogP contribution in [0.2, 0.25) is 0 Å². The van der Waals surface area contributed by atoms with E-state index < -0.39 is 5.97 Å². The van der Waals surface area contributed by atoms with Crippen LogP contribution < -0.4 is 4.90 Å². The number of carbonyl (C=O) groups excluding carboxylic acids is 2. The lowest BCUT2D eigenvalue weighted by Crippen LogP contribution is -2.34. The lowest BCUT2D eigenvalue weighted by atomic mass is 10.1. The molecule has 0 spiro atoms. The minimum atomic E-state index is -0.554. The largest absolute Gasteiger partial charge is 0.466 e. The molecule has 0 radical (unpaired) electrons. The molecule has 0 bridgehead atoms. The maximum absolute atomic E-state index is 12.7. The summed E-state index contributed by atoms with van der Waals surface area (Å²) in [5.41, 5.74) is 1.16. The normalized spacial score (nSPS) is 10.7. The van der Waals surface area contributed by atoms with Gasteiger partial charge in [0.1, 0.15) is 17.1 Å². The smallest absolute Gasteiger partial charge is 0.342 e. The van der Waals surface area contributed by atoms with Crippen molar-refractivity contribution in [2.24, 2.45) is 0 Å². The van der Waals surface area contributed by atoms with Crippen molar-refractivity contribution in [3.8, 4) is 0 Å². The van der Waals surface area contributed by atoms with Gasteiger partial charge in [-0.3, -0.25) is 4.79 Å². The zero-order chi connectivity index (χ0) is 18.7. The topological polar surface area (TPSA) is 59.8 Å². The van der Waals surface area contributed by atoms with E-state index >= 15 is 0 Å². The molecule has 0 saturated carbocycles. The Morgan fingerprint density at radius 3 is 2.50 bits per heavy atom. The third-order valence-corrected chi connectivity index (χ3v) is 4.26. The van der Waals surface area contributed by atoms with E-state index in [0.717, 1.165) is 16.5 Å². The second-order valence-electron chi connectivity index (χ2n) is 6.04. The van der Waals surface area contributed by atoms with E-state index in [1.54, 1.807) is 24.8 Å². The molecule has 0 saturated heterocycles. The molecule has 134 valence electrons. The van der Waals surface area contributed by atoms with E-state index in [4.69, 9.17) is 9.15 Å². The number of carbonyl (C=O) groups is 2. The average Bonchev–Trinajstić information content (AvgIpc) is 2.99. The third-order valence-electron chi connectivity index (χ3n) is 4.26. The summed E-state index contributed by atoms with van der Waals surface area (Å²) in [6.45, 7) is 5.51. The number of amides is 1. The first-order valence-electron chi connectivity index (χ1n) is 8.53. The van der Waals surface area contributed by atoms with Crippen LogP contribution in [-0.2, 0) is 9.53 Å². The van der Waals surface area contributed by atoms with Gasteiger partial charge in [0.25, 0.3) is 5.91 Å². The standard InChI is InChI=1S/C21H21NO4/c1-4-22(19-11-7-9-16-8-5-6-10-17(16)19)20(23)13-25-21(24)18-12-14(2)26-15(18)3/h5-12H,4,13H2,1-3H3. The molecule has 0 fully saturated rings. The Morgan fingerprint density at radius 1 is 1.08 bits per heavy atom. The van der Waals surface area contributed by atoms with Crippen LogP contribution in [0.5, 0.6) is 0 Å². The van der Waals surface area contributed by atoms with Gasteiger partial charge < -0.3 is 14.1 Å². The van der Waals surface area contributed by atoms with Gasteiger partial charge in [-0.25, -0.2) is 4.79 Å². The molecule has 1 heterocycles. The van der Waals surface area contributed by atoms with Crippen molar-refractivity contribution >= 4 is 28.3 Å². The van der Waals surface area contributed by atoms with Gasteiger partial charge in [-0.05, 0) is 38.3 Å². The number of hydrogen-bond acceptors (Lipinski definition) is 4. The Kier molecular flexibility index (Phi) is 5.07. The average molecular weight is 351 g/mol. The number of rotatable bonds is 5.